The van der Waals surface area contributed by atoms with Crippen LogP contribution in [0.1, 0.15) is 67.2 Å². The fourth-order valence-electron chi connectivity index (χ4n) is 3.21. The van der Waals surface area contributed by atoms with E-state index in [1.165, 1.54) is 0 Å². The van der Waals surface area contributed by atoms with Gasteiger partial charge in [0.2, 0.25) is 11.6 Å². The van der Waals surface area contributed by atoms with E-state index in [1.807, 2.05) is 41.5 Å². The van der Waals surface area contributed by atoms with Crippen LogP contribution in [0.15, 0.2) is 21.4 Å². The molecule has 1 rings (SSSR count). The number of rotatable bonds is 9. The summed E-state index contributed by atoms with van der Waals surface area (Å²) >= 11 is 6.01. The van der Waals surface area contributed by atoms with E-state index in [1.54, 1.807) is 0 Å². The zero-order valence-corrected chi connectivity index (χ0v) is 20.9. The minimum Gasteiger partial charge on any atom is -0.444 e. The van der Waals surface area contributed by atoms with Gasteiger partial charge in [-0.05, 0) is 78.6 Å². The molecule has 0 spiro atoms. The molecule has 0 aromatic carbocycles. The number of halogens is 1. The topological polar surface area (TPSA) is 93.5 Å². The fourth-order valence-corrected chi connectivity index (χ4v) is 3.30. The summed E-state index contributed by atoms with van der Waals surface area (Å²) in [6.45, 7) is 15.9. The van der Waals surface area contributed by atoms with Crippen LogP contribution in [0.4, 0.5) is 4.79 Å². The largest absolute Gasteiger partial charge is 0.444 e. The Labute approximate surface area is 197 Å². The number of ether oxygens (including phenoxy) is 3. The summed E-state index contributed by atoms with van der Waals surface area (Å²) in [5, 5.41) is 6.33. The Morgan fingerprint density at radius 3 is 2.31 bits per heavy atom. The van der Waals surface area contributed by atoms with Gasteiger partial charge in [0.1, 0.15) is 11.4 Å². The number of nitrogens with one attached hydrogen (secondary N) is 2. The van der Waals surface area contributed by atoms with Crippen LogP contribution in [0, 0.1) is 11.8 Å². The average molecular weight is 469 g/mol. The van der Waals surface area contributed by atoms with Crippen molar-refractivity contribution in [2.75, 3.05) is 19.8 Å². The van der Waals surface area contributed by atoms with Crippen LogP contribution in [0.25, 0.3) is 0 Å². The Morgan fingerprint density at radius 2 is 1.81 bits per heavy atom. The number of nitrogens with zero attached hydrogens (tertiary/aromatic N) is 2. The van der Waals surface area contributed by atoms with Gasteiger partial charge in [0.15, 0.2) is 0 Å². The second kappa shape index (κ2) is 13.5. The van der Waals surface area contributed by atoms with Gasteiger partial charge in [-0.25, -0.2) is 9.79 Å². The van der Waals surface area contributed by atoms with Crippen molar-refractivity contribution < 1.29 is 19.0 Å². The second-order valence-electron chi connectivity index (χ2n) is 8.49. The highest BCUT2D eigenvalue weighted by molar-refractivity contribution is 6.65. The summed E-state index contributed by atoms with van der Waals surface area (Å²) in [4.78, 5) is 20.4. The van der Waals surface area contributed by atoms with E-state index in [9.17, 15) is 4.79 Å². The van der Waals surface area contributed by atoms with E-state index < -0.39 is 23.5 Å². The van der Waals surface area contributed by atoms with Crippen LogP contribution in [0.3, 0.4) is 0 Å². The maximum absolute atomic E-state index is 12.4. The molecule has 1 aliphatic rings. The SMILES string of the molecule is C=N/C(Cl)=N\C(NCC1(NC(=O)OC(C)(C)C)CCCC1)=C(/C)C#CC(OCC)OCC. The molecular formula is C23H37ClN4O4. The second-order valence-corrected chi connectivity index (χ2v) is 8.83. The molecule has 0 atom stereocenters. The molecule has 32 heavy (non-hydrogen) atoms. The Hall–Kier alpha value is -2.08. The molecule has 0 aromatic heterocycles. The number of alkyl carbamates (subject to hydrolysis) is 1. The molecule has 9 heteroatoms. The van der Waals surface area contributed by atoms with Crippen molar-refractivity contribution in [2.45, 2.75) is 84.7 Å². The number of amidine groups is 1. The van der Waals surface area contributed by atoms with Crippen molar-refractivity contribution in [1.82, 2.24) is 10.6 Å². The van der Waals surface area contributed by atoms with Crippen LogP contribution >= 0.6 is 11.6 Å². The van der Waals surface area contributed by atoms with E-state index in [0.717, 1.165) is 25.7 Å². The van der Waals surface area contributed by atoms with Crippen molar-refractivity contribution in [1.29, 1.82) is 0 Å². The number of carbonyl (C=O) groups excluding carboxylic acids is 1. The minimum absolute atomic E-state index is 0.0135. The summed E-state index contributed by atoms with van der Waals surface area (Å²) in [6.07, 6.45) is 2.61. The van der Waals surface area contributed by atoms with Gasteiger partial charge >= 0.3 is 6.09 Å². The lowest BCUT2D eigenvalue weighted by atomic mass is 9.97. The molecule has 2 N–H and O–H groups in total. The normalized spacial score (nSPS) is 16.7. The summed E-state index contributed by atoms with van der Waals surface area (Å²) in [5.74, 6) is 6.41. The van der Waals surface area contributed by atoms with Gasteiger partial charge in [-0.1, -0.05) is 18.8 Å². The summed E-state index contributed by atoms with van der Waals surface area (Å²) in [7, 11) is 0. The molecule has 1 fully saturated rings. The lowest BCUT2D eigenvalue weighted by molar-refractivity contribution is -0.0970. The minimum atomic E-state index is -0.631. The van der Waals surface area contributed by atoms with Crippen molar-refractivity contribution in [3.8, 4) is 11.8 Å². The molecule has 0 heterocycles. The first-order valence-corrected chi connectivity index (χ1v) is 11.3. The average Bonchev–Trinajstić information content (AvgIpc) is 3.16. The lowest BCUT2D eigenvalue weighted by Crippen LogP contribution is -2.53. The van der Waals surface area contributed by atoms with Crippen molar-refractivity contribution >= 4 is 29.7 Å². The highest BCUT2D eigenvalue weighted by atomic mass is 35.5. The van der Waals surface area contributed by atoms with Crippen LogP contribution in [0.2, 0.25) is 0 Å². The number of aliphatic imine (C=N–C) groups is 2. The molecule has 0 saturated heterocycles. The number of allylic oxidation sites excluding steroid dienone is 1. The van der Waals surface area contributed by atoms with E-state index in [-0.39, 0.29) is 5.29 Å². The molecule has 0 bridgehead atoms. The van der Waals surface area contributed by atoms with Gasteiger partial charge in [0.05, 0.1) is 5.54 Å². The first-order chi connectivity index (χ1) is 15.0. The van der Waals surface area contributed by atoms with Gasteiger partial charge in [-0.3, -0.25) is 0 Å². The molecule has 0 unspecified atom stereocenters. The highest BCUT2D eigenvalue weighted by Crippen LogP contribution is 2.30. The number of hydrogen-bond donors (Lipinski definition) is 2. The predicted octanol–water partition coefficient (Wildman–Crippen LogP) is 4.34. The zero-order chi connectivity index (χ0) is 24.2. The van der Waals surface area contributed by atoms with Crippen LogP contribution < -0.4 is 10.6 Å². The van der Waals surface area contributed by atoms with Gasteiger partial charge < -0.3 is 24.8 Å². The third-order valence-electron chi connectivity index (χ3n) is 4.62. The van der Waals surface area contributed by atoms with E-state index >= 15 is 0 Å². The third kappa shape index (κ3) is 10.5. The molecule has 1 amide bonds. The maximum atomic E-state index is 12.4. The molecule has 180 valence electrons. The van der Waals surface area contributed by atoms with Crippen molar-refractivity contribution in [3.63, 3.8) is 0 Å². The van der Waals surface area contributed by atoms with Gasteiger partial charge in [0.25, 0.3) is 0 Å². The van der Waals surface area contributed by atoms with Crippen LogP contribution in [-0.4, -0.2) is 55.3 Å². The van der Waals surface area contributed by atoms with Crippen molar-refractivity contribution in [2.24, 2.45) is 9.98 Å². The number of carbonyl (C=O) groups is 1. The van der Waals surface area contributed by atoms with Gasteiger partial charge in [-0.2, -0.15) is 4.99 Å². The highest BCUT2D eigenvalue weighted by Gasteiger charge is 2.36. The van der Waals surface area contributed by atoms with E-state index in [2.05, 4.69) is 39.2 Å². The Bertz CT molecular complexity index is 750. The number of amides is 1. The van der Waals surface area contributed by atoms with Crippen LogP contribution in [0.5, 0.6) is 0 Å². The van der Waals surface area contributed by atoms with Gasteiger partial charge in [0, 0.05) is 25.3 Å². The summed E-state index contributed by atoms with van der Waals surface area (Å²) < 4.78 is 16.4. The summed E-state index contributed by atoms with van der Waals surface area (Å²) in [5.41, 5.74) is -0.398. The first kappa shape index (κ1) is 28.0. The molecule has 1 aliphatic carbocycles. The molecule has 1 saturated carbocycles. The first-order valence-electron chi connectivity index (χ1n) is 11.0. The molecule has 0 aromatic rings. The van der Waals surface area contributed by atoms with Gasteiger partial charge in [-0.15, -0.1) is 0 Å². The standard InChI is InChI=1S/C23H37ClN4O4/c1-8-30-18(31-9-2)13-12-17(3)19(27-20(24)25-7)26-16-23(14-10-11-15-23)28-21(29)32-22(4,5)6/h18,26H,7-11,14-16H2,1-6H3,(H,28,29)/b19-17+,27-20-. The Morgan fingerprint density at radius 1 is 1.22 bits per heavy atom. The molecule has 0 aliphatic heterocycles. The molecule has 0 radical (unpaired) electrons. The molecule has 8 nitrogen and oxygen atoms in total. The Kier molecular flexibility index (Phi) is 11.8. The zero-order valence-electron chi connectivity index (χ0n) is 20.1. The number of hydrogen-bond acceptors (Lipinski definition) is 6. The molecular weight excluding hydrogens is 432 g/mol. The Balaban J connectivity index is 3.08. The summed E-state index contributed by atoms with van der Waals surface area (Å²) in [6, 6.07) is 0. The quantitative estimate of drug-likeness (QED) is 0.172. The third-order valence-corrected chi connectivity index (χ3v) is 4.83. The fraction of sp³-hybridized carbons (Fsp3) is 0.696. The van der Waals surface area contributed by atoms with Crippen LogP contribution in [-0.2, 0) is 14.2 Å². The van der Waals surface area contributed by atoms with E-state index in [0.29, 0.717) is 31.2 Å². The lowest BCUT2D eigenvalue weighted by Gasteiger charge is -2.32. The van der Waals surface area contributed by atoms with Crippen molar-refractivity contribution in [3.05, 3.63) is 11.4 Å². The predicted molar refractivity (Wildman–Crippen MR) is 129 cm³/mol. The monoisotopic (exact) mass is 468 g/mol. The maximum Gasteiger partial charge on any atom is 0.408 e. The van der Waals surface area contributed by atoms with E-state index in [4.69, 9.17) is 25.8 Å². The smallest absolute Gasteiger partial charge is 0.408 e.